The Morgan fingerprint density at radius 1 is 1.05 bits per heavy atom. The molecule has 0 atom stereocenters. The molecule has 2 nitrogen and oxygen atoms in total. The number of aryl methyl sites for hydroxylation is 1. The number of carbonyl (C=O) groups is 1. The third-order valence-corrected chi connectivity index (χ3v) is 3.05. The molecule has 0 aliphatic heterocycles. The van der Waals surface area contributed by atoms with Crippen LogP contribution in [0.25, 0.3) is 0 Å². The number of carbonyl (C=O) groups excluding carboxylic acids is 1. The monoisotopic (exact) mass is 297 g/mol. The Morgan fingerprint density at radius 3 is 2.40 bits per heavy atom. The zero-order chi connectivity index (χ0) is 14.9. The largest absolute Gasteiger partial charge is 0.319 e. The van der Waals surface area contributed by atoms with Crippen molar-refractivity contribution >= 4 is 24.2 Å². The smallest absolute Gasteiger partial charge is 0.255 e. The van der Waals surface area contributed by atoms with E-state index in [2.05, 4.69) is 17.9 Å². The SMILES string of the molecule is Cc1cc(F)c(NC(=O)c2ccc(F)c(S)c2)cc1F. The molecule has 0 fully saturated rings. The van der Waals surface area contributed by atoms with Gasteiger partial charge in [0.15, 0.2) is 0 Å². The van der Waals surface area contributed by atoms with Crippen LogP contribution in [-0.2, 0) is 0 Å². The molecule has 0 saturated heterocycles. The Kier molecular flexibility index (Phi) is 4.04. The molecular weight excluding hydrogens is 287 g/mol. The van der Waals surface area contributed by atoms with Crippen LogP contribution in [0.15, 0.2) is 35.2 Å². The van der Waals surface area contributed by atoms with Crippen molar-refractivity contribution in [1.82, 2.24) is 0 Å². The molecule has 0 heterocycles. The molecule has 6 heteroatoms. The lowest BCUT2D eigenvalue weighted by Gasteiger charge is -2.08. The van der Waals surface area contributed by atoms with Crippen molar-refractivity contribution < 1.29 is 18.0 Å². The molecule has 0 unspecified atom stereocenters. The molecule has 0 aliphatic carbocycles. The summed E-state index contributed by atoms with van der Waals surface area (Å²) in [6.07, 6.45) is 0. The van der Waals surface area contributed by atoms with Crippen LogP contribution >= 0.6 is 12.6 Å². The van der Waals surface area contributed by atoms with Crippen LogP contribution in [-0.4, -0.2) is 5.91 Å². The molecule has 1 amide bonds. The van der Waals surface area contributed by atoms with Crippen molar-refractivity contribution in [3.8, 4) is 0 Å². The first-order chi connectivity index (χ1) is 9.38. The molecule has 20 heavy (non-hydrogen) atoms. The van der Waals surface area contributed by atoms with E-state index in [9.17, 15) is 18.0 Å². The number of anilines is 1. The highest BCUT2D eigenvalue weighted by atomic mass is 32.1. The number of amides is 1. The number of rotatable bonds is 2. The summed E-state index contributed by atoms with van der Waals surface area (Å²) < 4.78 is 40.0. The van der Waals surface area contributed by atoms with Crippen molar-refractivity contribution in [1.29, 1.82) is 0 Å². The van der Waals surface area contributed by atoms with Gasteiger partial charge in [0.2, 0.25) is 0 Å². The van der Waals surface area contributed by atoms with Crippen LogP contribution in [0, 0.1) is 24.4 Å². The molecule has 104 valence electrons. The summed E-state index contributed by atoms with van der Waals surface area (Å²) >= 11 is 3.85. The number of nitrogens with one attached hydrogen (secondary N) is 1. The normalized spacial score (nSPS) is 10.4. The third-order valence-electron chi connectivity index (χ3n) is 2.70. The number of hydrogen-bond acceptors (Lipinski definition) is 2. The van der Waals surface area contributed by atoms with Gasteiger partial charge in [0, 0.05) is 16.5 Å². The lowest BCUT2D eigenvalue weighted by Crippen LogP contribution is -2.13. The summed E-state index contributed by atoms with van der Waals surface area (Å²) in [4.78, 5) is 11.9. The van der Waals surface area contributed by atoms with Gasteiger partial charge in [0.1, 0.15) is 17.5 Å². The maximum Gasteiger partial charge on any atom is 0.255 e. The van der Waals surface area contributed by atoms with Gasteiger partial charge in [0.25, 0.3) is 5.91 Å². The number of hydrogen-bond donors (Lipinski definition) is 2. The standard InChI is InChI=1S/C14H10F3NOS/c1-7-4-11(17)12(6-10(7)16)18-14(19)8-2-3-9(15)13(20)5-8/h2-6,20H,1H3,(H,18,19). The van der Waals surface area contributed by atoms with Gasteiger partial charge >= 0.3 is 0 Å². The molecule has 0 radical (unpaired) electrons. The van der Waals surface area contributed by atoms with E-state index in [0.717, 1.165) is 18.2 Å². The molecule has 2 aromatic rings. The number of benzene rings is 2. The lowest BCUT2D eigenvalue weighted by molar-refractivity contribution is 0.102. The topological polar surface area (TPSA) is 29.1 Å². The molecule has 2 aromatic carbocycles. The zero-order valence-corrected chi connectivity index (χ0v) is 11.3. The minimum absolute atomic E-state index is 0.00629. The summed E-state index contributed by atoms with van der Waals surface area (Å²) in [6, 6.07) is 5.39. The number of halogens is 3. The van der Waals surface area contributed by atoms with Gasteiger partial charge in [-0.1, -0.05) is 0 Å². The van der Waals surface area contributed by atoms with E-state index >= 15 is 0 Å². The quantitative estimate of drug-likeness (QED) is 0.807. The van der Waals surface area contributed by atoms with Crippen LogP contribution < -0.4 is 5.32 Å². The predicted molar refractivity (Wildman–Crippen MR) is 72.7 cm³/mol. The van der Waals surface area contributed by atoms with Crippen molar-refractivity contribution in [3.63, 3.8) is 0 Å². The van der Waals surface area contributed by atoms with Crippen LogP contribution in [0.1, 0.15) is 15.9 Å². The Balaban J connectivity index is 2.27. The first-order valence-electron chi connectivity index (χ1n) is 5.64. The van der Waals surface area contributed by atoms with Crippen LogP contribution in [0.2, 0.25) is 0 Å². The average Bonchev–Trinajstić information content (AvgIpc) is 2.39. The molecule has 1 N–H and O–H groups in total. The van der Waals surface area contributed by atoms with E-state index in [1.54, 1.807) is 0 Å². The summed E-state index contributed by atoms with van der Waals surface area (Å²) in [5.41, 5.74) is -0.0418. The van der Waals surface area contributed by atoms with Gasteiger partial charge in [-0.2, -0.15) is 0 Å². The van der Waals surface area contributed by atoms with E-state index in [4.69, 9.17) is 0 Å². The zero-order valence-electron chi connectivity index (χ0n) is 10.4. The van der Waals surface area contributed by atoms with Crippen molar-refractivity contribution in [2.24, 2.45) is 0 Å². The Morgan fingerprint density at radius 2 is 1.75 bits per heavy atom. The van der Waals surface area contributed by atoms with Crippen molar-refractivity contribution in [3.05, 3.63) is 58.9 Å². The Labute approximate surface area is 119 Å². The summed E-state index contributed by atoms with van der Waals surface area (Å²) in [7, 11) is 0. The summed E-state index contributed by atoms with van der Waals surface area (Å²) in [5.74, 6) is -2.62. The van der Waals surface area contributed by atoms with Gasteiger partial charge in [-0.05, 0) is 36.8 Å². The summed E-state index contributed by atoms with van der Waals surface area (Å²) in [6.45, 7) is 1.41. The first kappa shape index (κ1) is 14.5. The van der Waals surface area contributed by atoms with E-state index in [1.807, 2.05) is 0 Å². The molecule has 2 rings (SSSR count). The molecular formula is C14H10F3NOS. The van der Waals surface area contributed by atoms with Crippen LogP contribution in [0.3, 0.4) is 0 Å². The highest BCUT2D eigenvalue weighted by Gasteiger charge is 2.13. The molecule has 0 bridgehead atoms. The van der Waals surface area contributed by atoms with Crippen molar-refractivity contribution in [2.75, 3.05) is 5.32 Å². The van der Waals surface area contributed by atoms with Gasteiger partial charge < -0.3 is 5.32 Å². The van der Waals surface area contributed by atoms with E-state index in [-0.39, 0.29) is 21.7 Å². The van der Waals surface area contributed by atoms with Gasteiger partial charge in [0.05, 0.1) is 5.69 Å². The second kappa shape index (κ2) is 5.58. The second-order valence-electron chi connectivity index (χ2n) is 4.20. The predicted octanol–water partition coefficient (Wildman–Crippen LogP) is 3.95. The first-order valence-corrected chi connectivity index (χ1v) is 6.08. The second-order valence-corrected chi connectivity index (χ2v) is 4.68. The summed E-state index contributed by atoms with van der Waals surface area (Å²) in [5, 5.41) is 2.23. The third kappa shape index (κ3) is 2.96. The molecule has 0 aliphatic rings. The maximum atomic E-state index is 13.6. The molecule has 0 saturated carbocycles. The minimum atomic E-state index is -0.745. The fourth-order valence-electron chi connectivity index (χ4n) is 1.59. The number of thiol groups is 1. The average molecular weight is 297 g/mol. The highest BCUT2D eigenvalue weighted by molar-refractivity contribution is 7.80. The van der Waals surface area contributed by atoms with E-state index in [0.29, 0.717) is 0 Å². The van der Waals surface area contributed by atoms with E-state index in [1.165, 1.54) is 19.1 Å². The van der Waals surface area contributed by atoms with Gasteiger partial charge in [-0.25, -0.2) is 13.2 Å². The minimum Gasteiger partial charge on any atom is -0.319 e. The fourth-order valence-corrected chi connectivity index (χ4v) is 1.80. The van der Waals surface area contributed by atoms with E-state index < -0.39 is 23.4 Å². The lowest BCUT2D eigenvalue weighted by atomic mass is 10.1. The molecule has 0 aromatic heterocycles. The van der Waals surface area contributed by atoms with Crippen molar-refractivity contribution in [2.45, 2.75) is 11.8 Å². The Bertz CT molecular complexity index is 688. The van der Waals surface area contributed by atoms with Crippen LogP contribution in [0.5, 0.6) is 0 Å². The molecule has 0 spiro atoms. The maximum absolute atomic E-state index is 13.6. The van der Waals surface area contributed by atoms with Gasteiger partial charge in [-0.3, -0.25) is 4.79 Å². The highest BCUT2D eigenvalue weighted by Crippen LogP contribution is 2.20. The Hall–Kier alpha value is -1.95. The fraction of sp³-hybridized carbons (Fsp3) is 0.0714. The van der Waals surface area contributed by atoms with Crippen LogP contribution in [0.4, 0.5) is 18.9 Å². The van der Waals surface area contributed by atoms with Gasteiger partial charge in [-0.15, -0.1) is 12.6 Å².